The van der Waals surface area contributed by atoms with E-state index in [-0.39, 0.29) is 17.2 Å². The van der Waals surface area contributed by atoms with Crippen molar-refractivity contribution in [1.82, 2.24) is 5.43 Å². The van der Waals surface area contributed by atoms with E-state index in [0.29, 0.717) is 28.2 Å². The number of amides is 1. The summed E-state index contributed by atoms with van der Waals surface area (Å²) in [7, 11) is 0. The Labute approximate surface area is 154 Å². The Morgan fingerprint density at radius 1 is 1.12 bits per heavy atom. The van der Waals surface area contributed by atoms with Gasteiger partial charge in [0, 0.05) is 21.2 Å². The number of nitrogens with two attached hydrogens (primary N) is 1. The van der Waals surface area contributed by atoms with Crippen LogP contribution < -0.4 is 20.7 Å². The lowest BCUT2D eigenvalue weighted by Gasteiger charge is -2.15. The van der Waals surface area contributed by atoms with Gasteiger partial charge in [0.1, 0.15) is 6.61 Å². The van der Waals surface area contributed by atoms with Crippen molar-refractivity contribution in [1.29, 1.82) is 0 Å². The molecule has 2 aromatic rings. The van der Waals surface area contributed by atoms with Crippen molar-refractivity contribution < 1.29 is 14.3 Å². The fourth-order valence-corrected chi connectivity index (χ4v) is 2.70. The van der Waals surface area contributed by atoms with Gasteiger partial charge >= 0.3 is 0 Å². The van der Waals surface area contributed by atoms with Gasteiger partial charge in [-0.1, -0.05) is 40.9 Å². The van der Waals surface area contributed by atoms with Crippen molar-refractivity contribution in [2.24, 2.45) is 5.84 Å². The van der Waals surface area contributed by atoms with Crippen LogP contribution in [-0.2, 0) is 6.61 Å². The van der Waals surface area contributed by atoms with E-state index in [0.717, 1.165) is 5.56 Å². The number of benzene rings is 2. The molecule has 8 heteroatoms. The van der Waals surface area contributed by atoms with Crippen molar-refractivity contribution in [3.63, 3.8) is 0 Å². The van der Waals surface area contributed by atoms with Crippen molar-refractivity contribution in [3.8, 4) is 11.5 Å². The van der Waals surface area contributed by atoms with Crippen LogP contribution in [-0.4, -0.2) is 12.5 Å². The van der Waals surface area contributed by atoms with E-state index in [1.807, 2.05) is 12.3 Å². The monoisotopic (exact) mass is 388 g/mol. The Bertz CT molecular complexity index is 754. The van der Waals surface area contributed by atoms with Gasteiger partial charge < -0.3 is 9.47 Å². The number of rotatable bonds is 6. The average molecular weight is 390 g/mol. The Morgan fingerprint density at radius 2 is 1.88 bits per heavy atom. The third-order valence-electron chi connectivity index (χ3n) is 3.09. The molecule has 0 saturated carbocycles. The Morgan fingerprint density at radius 3 is 2.50 bits per heavy atom. The quantitative estimate of drug-likeness (QED) is 0.440. The number of carbonyl (C=O) groups excluding carboxylic acids is 1. The second-order valence-corrected chi connectivity index (χ2v) is 5.97. The molecular formula is C16H15Cl3N2O3. The Kier molecular flexibility index (Phi) is 6.57. The summed E-state index contributed by atoms with van der Waals surface area (Å²) >= 11 is 18.2. The van der Waals surface area contributed by atoms with E-state index >= 15 is 0 Å². The van der Waals surface area contributed by atoms with Crippen LogP contribution in [0.25, 0.3) is 0 Å². The molecule has 0 fully saturated rings. The lowest BCUT2D eigenvalue weighted by Crippen LogP contribution is -2.30. The topological polar surface area (TPSA) is 73.6 Å². The van der Waals surface area contributed by atoms with Gasteiger partial charge in [0.05, 0.1) is 11.6 Å². The predicted octanol–water partition coefficient (Wildman–Crippen LogP) is 4.23. The maximum absolute atomic E-state index is 11.7. The minimum absolute atomic E-state index is 0.165. The molecule has 128 valence electrons. The molecule has 0 saturated heterocycles. The summed E-state index contributed by atoms with van der Waals surface area (Å²) in [4.78, 5) is 11.7. The molecule has 24 heavy (non-hydrogen) atoms. The number of hydrazine groups is 1. The predicted molar refractivity (Wildman–Crippen MR) is 95.1 cm³/mol. The molecule has 0 radical (unpaired) electrons. The zero-order chi connectivity index (χ0) is 17.7. The first kappa shape index (κ1) is 18.7. The molecule has 0 aliphatic carbocycles. The molecule has 0 bridgehead atoms. The van der Waals surface area contributed by atoms with Gasteiger partial charge in [0.2, 0.25) is 0 Å². The van der Waals surface area contributed by atoms with Gasteiger partial charge in [-0.2, -0.15) is 0 Å². The molecule has 0 aliphatic rings. The van der Waals surface area contributed by atoms with Gasteiger partial charge in [0.25, 0.3) is 5.91 Å². The maximum Gasteiger partial charge on any atom is 0.265 e. The lowest BCUT2D eigenvalue weighted by molar-refractivity contribution is 0.0953. The molecule has 0 unspecified atom stereocenters. The van der Waals surface area contributed by atoms with Crippen LogP contribution >= 0.6 is 34.8 Å². The van der Waals surface area contributed by atoms with Crippen molar-refractivity contribution >= 4 is 40.7 Å². The van der Waals surface area contributed by atoms with Crippen LogP contribution in [0, 0.1) is 0 Å². The molecule has 0 atom stereocenters. The SMILES string of the molecule is CCOc1cc(C(=O)NN)cc(Cl)c1OCc1ccc(Cl)cc1Cl. The third kappa shape index (κ3) is 4.45. The molecule has 2 aromatic carbocycles. The van der Waals surface area contributed by atoms with Gasteiger partial charge in [-0.3, -0.25) is 10.2 Å². The van der Waals surface area contributed by atoms with Gasteiger partial charge in [0.15, 0.2) is 11.5 Å². The van der Waals surface area contributed by atoms with E-state index in [1.54, 1.807) is 18.2 Å². The minimum atomic E-state index is -0.481. The number of carbonyl (C=O) groups is 1. The van der Waals surface area contributed by atoms with Crippen LogP contribution in [0.4, 0.5) is 0 Å². The first-order chi connectivity index (χ1) is 11.5. The zero-order valence-corrected chi connectivity index (χ0v) is 15.0. The summed E-state index contributed by atoms with van der Waals surface area (Å²) in [5.74, 6) is 5.32. The summed E-state index contributed by atoms with van der Waals surface area (Å²) < 4.78 is 11.3. The highest BCUT2D eigenvalue weighted by atomic mass is 35.5. The fourth-order valence-electron chi connectivity index (χ4n) is 1.97. The molecule has 2 rings (SSSR count). The van der Waals surface area contributed by atoms with Gasteiger partial charge in [-0.15, -0.1) is 0 Å². The van der Waals surface area contributed by atoms with Gasteiger partial charge in [-0.05, 0) is 31.2 Å². The van der Waals surface area contributed by atoms with Crippen LogP contribution in [0.3, 0.4) is 0 Å². The van der Waals surface area contributed by atoms with E-state index < -0.39 is 5.91 Å². The first-order valence-corrected chi connectivity index (χ1v) is 8.13. The Balaban J connectivity index is 2.29. The summed E-state index contributed by atoms with van der Waals surface area (Å²) in [5.41, 5.74) is 3.05. The summed E-state index contributed by atoms with van der Waals surface area (Å²) in [6, 6.07) is 8.06. The van der Waals surface area contributed by atoms with Crippen LogP contribution in [0.2, 0.25) is 15.1 Å². The highest BCUT2D eigenvalue weighted by Crippen LogP contribution is 2.37. The molecule has 0 heterocycles. The van der Waals surface area contributed by atoms with Crippen molar-refractivity contribution in [2.45, 2.75) is 13.5 Å². The maximum atomic E-state index is 11.7. The molecular weight excluding hydrogens is 375 g/mol. The first-order valence-electron chi connectivity index (χ1n) is 7.00. The normalized spacial score (nSPS) is 10.4. The molecule has 0 aliphatic heterocycles. The molecule has 0 aromatic heterocycles. The van der Waals surface area contributed by atoms with E-state index in [1.165, 1.54) is 12.1 Å². The van der Waals surface area contributed by atoms with Gasteiger partial charge in [-0.25, -0.2) is 5.84 Å². The smallest absolute Gasteiger partial charge is 0.265 e. The minimum Gasteiger partial charge on any atom is -0.490 e. The number of hydrogen-bond donors (Lipinski definition) is 2. The lowest BCUT2D eigenvalue weighted by atomic mass is 10.2. The molecule has 5 nitrogen and oxygen atoms in total. The number of ether oxygens (including phenoxy) is 2. The zero-order valence-electron chi connectivity index (χ0n) is 12.7. The standard InChI is InChI=1S/C16H15Cl3N2O3/c1-2-23-14-6-10(16(22)21-20)5-13(19)15(14)24-8-9-3-4-11(17)7-12(9)18/h3-7H,2,8,20H2,1H3,(H,21,22). The van der Waals surface area contributed by atoms with E-state index in [9.17, 15) is 4.79 Å². The molecule has 1 amide bonds. The highest BCUT2D eigenvalue weighted by Gasteiger charge is 2.16. The van der Waals surface area contributed by atoms with Crippen molar-refractivity contribution in [2.75, 3.05) is 6.61 Å². The summed E-state index contributed by atoms with van der Waals surface area (Å²) in [5, 5.41) is 1.24. The van der Waals surface area contributed by atoms with Crippen LogP contribution in [0.15, 0.2) is 30.3 Å². The largest absolute Gasteiger partial charge is 0.490 e. The van der Waals surface area contributed by atoms with E-state index in [4.69, 9.17) is 50.1 Å². The van der Waals surface area contributed by atoms with Crippen LogP contribution in [0.5, 0.6) is 11.5 Å². The second kappa shape index (κ2) is 8.44. The highest BCUT2D eigenvalue weighted by molar-refractivity contribution is 6.35. The molecule has 0 spiro atoms. The van der Waals surface area contributed by atoms with Crippen LogP contribution in [0.1, 0.15) is 22.8 Å². The second-order valence-electron chi connectivity index (χ2n) is 4.72. The van der Waals surface area contributed by atoms with E-state index in [2.05, 4.69) is 0 Å². The Hall–Kier alpha value is -1.66. The number of hydrogen-bond acceptors (Lipinski definition) is 4. The average Bonchev–Trinajstić information content (AvgIpc) is 2.55. The fraction of sp³-hybridized carbons (Fsp3) is 0.188. The number of nitrogen functional groups attached to an aromatic ring is 1. The number of halogens is 3. The molecule has 3 N–H and O–H groups in total. The summed E-state index contributed by atoms with van der Waals surface area (Å²) in [6.45, 7) is 2.35. The number of nitrogens with one attached hydrogen (secondary N) is 1. The van der Waals surface area contributed by atoms with Crippen molar-refractivity contribution in [3.05, 3.63) is 56.5 Å². The summed E-state index contributed by atoms with van der Waals surface area (Å²) in [6.07, 6.45) is 0. The third-order valence-corrected chi connectivity index (χ3v) is 3.96.